The fourth-order valence-corrected chi connectivity index (χ4v) is 2.32. The third-order valence-corrected chi connectivity index (χ3v) is 3.26. The maximum atomic E-state index is 8.86. The Hall–Kier alpha value is -1.06. The zero-order valence-corrected chi connectivity index (χ0v) is 10.4. The Morgan fingerprint density at radius 3 is 2.94 bits per heavy atom. The molecule has 1 aliphatic heterocycles. The molecule has 1 unspecified atom stereocenters. The first-order valence-corrected chi connectivity index (χ1v) is 6.41. The number of aliphatic hydroxyl groups excluding tert-OH is 1. The number of para-hydroxylation sites is 1. The molecule has 3 nitrogen and oxygen atoms in total. The van der Waals surface area contributed by atoms with Crippen molar-refractivity contribution in [3.05, 3.63) is 29.8 Å². The van der Waals surface area contributed by atoms with Crippen LogP contribution >= 0.6 is 0 Å². The summed E-state index contributed by atoms with van der Waals surface area (Å²) in [7, 11) is 0. The van der Waals surface area contributed by atoms with Gasteiger partial charge in [-0.25, -0.2) is 0 Å². The van der Waals surface area contributed by atoms with Crippen molar-refractivity contribution in [1.29, 1.82) is 0 Å². The third-order valence-electron chi connectivity index (χ3n) is 3.26. The summed E-state index contributed by atoms with van der Waals surface area (Å²) in [6, 6.07) is 8.26. The van der Waals surface area contributed by atoms with Crippen LogP contribution in [-0.4, -0.2) is 42.4 Å². The monoisotopic (exact) mass is 235 g/mol. The summed E-state index contributed by atoms with van der Waals surface area (Å²) in [5, 5.41) is 8.86. The Balaban J connectivity index is 1.85. The lowest BCUT2D eigenvalue weighted by molar-refractivity contribution is 0.146. The number of ether oxygens (including phenoxy) is 1. The molecule has 0 amide bonds. The summed E-state index contributed by atoms with van der Waals surface area (Å²) in [5.41, 5.74) is 1.32. The van der Waals surface area contributed by atoms with E-state index in [-0.39, 0.29) is 12.7 Å². The van der Waals surface area contributed by atoms with Crippen LogP contribution in [-0.2, 0) is 6.42 Å². The first-order chi connectivity index (χ1) is 8.33. The Labute approximate surface area is 103 Å². The molecule has 0 saturated heterocycles. The van der Waals surface area contributed by atoms with Crippen molar-refractivity contribution in [2.45, 2.75) is 25.9 Å². The Bertz CT molecular complexity index is 329. The topological polar surface area (TPSA) is 32.7 Å². The highest BCUT2D eigenvalue weighted by Crippen LogP contribution is 2.28. The van der Waals surface area contributed by atoms with Crippen LogP contribution in [0.4, 0.5) is 0 Å². The largest absolute Gasteiger partial charge is 0.488 e. The SMILES string of the molecule is CCN(CCCO)CC1Cc2ccccc2O1. The maximum Gasteiger partial charge on any atom is 0.123 e. The lowest BCUT2D eigenvalue weighted by Gasteiger charge is -2.23. The Morgan fingerprint density at radius 1 is 1.41 bits per heavy atom. The van der Waals surface area contributed by atoms with Gasteiger partial charge in [-0.2, -0.15) is 0 Å². The van der Waals surface area contributed by atoms with E-state index in [4.69, 9.17) is 9.84 Å². The quantitative estimate of drug-likeness (QED) is 0.814. The number of benzene rings is 1. The predicted octanol–water partition coefficient (Wildman–Crippen LogP) is 1.69. The van der Waals surface area contributed by atoms with Crippen molar-refractivity contribution in [3.8, 4) is 5.75 Å². The van der Waals surface area contributed by atoms with Gasteiger partial charge in [0.2, 0.25) is 0 Å². The highest BCUT2D eigenvalue weighted by molar-refractivity contribution is 5.37. The molecule has 0 saturated carbocycles. The number of fused-ring (bicyclic) bond motifs is 1. The van der Waals surface area contributed by atoms with Crippen LogP contribution in [0.15, 0.2) is 24.3 Å². The summed E-state index contributed by atoms with van der Waals surface area (Å²) in [5.74, 6) is 1.04. The summed E-state index contributed by atoms with van der Waals surface area (Å²) in [6.45, 7) is 5.33. The van der Waals surface area contributed by atoms with Gasteiger partial charge in [0.25, 0.3) is 0 Å². The minimum absolute atomic E-state index is 0.266. The minimum atomic E-state index is 0.266. The zero-order chi connectivity index (χ0) is 12.1. The van der Waals surface area contributed by atoms with E-state index in [1.807, 2.05) is 12.1 Å². The van der Waals surface area contributed by atoms with Crippen molar-refractivity contribution in [3.63, 3.8) is 0 Å². The molecule has 0 aliphatic carbocycles. The number of nitrogens with zero attached hydrogens (tertiary/aromatic N) is 1. The molecule has 0 radical (unpaired) electrons. The van der Waals surface area contributed by atoms with E-state index in [9.17, 15) is 0 Å². The smallest absolute Gasteiger partial charge is 0.123 e. The van der Waals surface area contributed by atoms with Crippen molar-refractivity contribution in [2.75, 3.05) is 26.2 Å². The van der Waals surface area contributed by atoms with Gasteiger partial charge in [-0.05, 0) is 24.6 Å². The van der Waals surface area contributed by atoms with Crippen LogP contribution in [0.3, 0.4) is 0 Å². The third kappa shape index (κ3) is 3.20. The number of hydrogen-bond donors (Lipinski definition) is 1. The second-order valence-corrected chi connectivity index (χ2v) is 4.52. The van der Waals surface area contributed by atoms with Crippen LogP contribution in [0.2, 0.25) is 0 Å². The van der Waals surface area contributed by atoms with E-state index in [2.05, 4.69) is 24.0 Å². The summed E-state index contributed by atoms with van der Waals surface area (Å²) in [4.78, 5) is 2.34. The van der Waals surface area contributed by atoms with E-state index >= 15 is 0 Å². The normalized spacial score (nSPS) is 18.2. The molecule has 1 heterocycles. The lowest BCUT2D eigenvalue weighted by Crippen LogP contribution is -2.35. The second-order valence-electron chi connectivity index (χ2n) is 4.52. The minimum Gasteiger partial charge on any atom is -0.488 e. The summed E-state index contributed by atoms with van der Waals surface area (Å²) < 4.78 is 5.92. The highest BCUT2D eigenvalue weighted by Gasteiger charge is 2.23. The molecule has 1 N–H and O–H groups in total. The Kier molecular flexibility index (Phi) is 4.40. The average molecular weight is 235 g/mol. The molecule has 1 aromatic carbocycles. The van der Waals surface area contributed by atoms with E-state index in [0.29, 0.717) is 0 Å². The van der Waals surface area contributed by atoms with E-state index in [0.717, 1.165) is 38.2 Å². The van der Waals surface area contributed by atoms with Crippen LogP contribution in [0, 0.1) is 0 Å². The second kappa shape index (κ2) is 6.03. The van der Waals surface area contributed by atoms with Gasteiger partial charge in [0, 0.05) is 26.1 Å². The van der Waals surface area contributed by atoms with E-state index in [1.165, 1.54) is 5.56 Å². The molecule has 1 atom stereocenters. The summed E-state index contributed by atoms with van der Waals surface area (Å²) in [6.07, 6.45) is 2.12. The zero-order valence-electron chi connectivity index (χ0n) is 10.4. The highest BCUT2D eigenvalue weighted by atomic mass is 16.5. The van der Waals surface area contributed by atoms with E-state index < -0.39 is 0 Å². The summed E-state index contributed by atoms with van der Waals surface area (Å²) >= 11 is 0. The average Bonchev–Trinajstić information content (AvgIpc) is 2.76. The number of aliphatic hydroxyl groups is 1. The van der Waals surface area contributed by atoms with Crippen molar-refractivity contribution < 1.29 is 9.84 Å². The number of hydrogen-bond acceptors (Lipinski definition) is 3. The van der Waals surface area contributed by atoms with Gasteiger partial charge >= 0.3 is 0 Å². The van der Waals surface area contributed by atoms with Gasteiger partial charge in [-0.3, -0.25) is 4.90 Å². The number of rotatable bonds is 6. The molecular formula is C14H21NO2. The fourth-order valence-electron chi connectivity index (χ4n) is 2.32. The Morgan fingerprint density at radius 2 is 2.24 bits per heavy atom. The standard InChI is InChI=1S/C14H21NO2/c1-2-15(8-5-9-16)11-13-10-12-6-3-4-7-14(12)17-13/h3-4,6-7,13,16H,2,5,8-11H2,1H3. The molecule has 3 heteroatoms. The lowest BCUT2D eigenvalue weighted by atomic mass is 10.1. The molecule has 0 spiro atoms. The van der Waals surface area contributed by atoms with Gasteiger partial charge in [0.15, 0.2) is 0 Å². The van der Waals surface area contributed by atoms with Crippen molar-refractivity contribution in [2.24, 2.45) is 0 Å². The van der Waals surface area contributed by atoms with Gasteiger partial charge in [-0.1, -0.05) is 25.1 Å². The van der Waals surface area contributed by atoms with E-state index in [1.54, 1.807) is 0 Å². The molecule has 94 valence electrons. The first kappa shape index (κ1) is 12.4. The molecule has 0 aromatic heterocycles. The predicted molar refractivity (Wildman–Crippen MR) is 68.4 cm³/mol. The van der Waals surface area contributed by atoms with Crippen LogP contribution in [0.25, 0.3) is 0 Å². The van der Waals surface area contributed by atoms with Crippen LogP contribution < -0.4 is 4.74 Å². The van der Waals surface area contributed by atoms with Gasteiger partial charge < -0.3 is 9.84 Å². The van der Waals surface area contributed by atoms with Gasteiger partial charge in [0.1, 0.15) is 11.9 Å². The molecule has 0 fully saturated rings. The molecule has 17 heavy (non-hydrogen) atoms. The maximum absolute atomic E-state index is 8.86. The molecule has 1 aliphatic rings. The molecular weight excluding hydrogens is 214 g/mol. The van der Waals surface area contributed by atoms with Gasteiger partial charge in [-0.15, -0.1) is 0 Å². The van der Waals surface area contributed by atoms with Crippen LogP contribution in [0.1, 0.15) is 18.9 Å². The fraction of sp³-hybridized carbons (Fsp3) is 0.571. The van der Waals surface area contributed by atoms with Crippen molar-refractivity contribution >= 4 is 0 Å². The molecule has 2 rings (SSSR count). The number of likely N-dealkylation sites (N-methyl/N-ethyl adjacent to an activating group) is 1. The van der Waals surface area contributed by atoms with Crippen LogP contribution in [0.5, 0.6) is 5.75 Å². The first-order valence-electron chi connectivity index (χ1n) is 6.41. The molecule has 0 bridgehead atoms. The van der Waals surface area contributed by atoms with Gasteiger partial charge in [0.05, 0.1) is 0 Å². The van der Waals surface area contributed by atoms with Crippen molar-refractivity contribution in [1.82, 2.24) is 4.90 Å². The molecule has 1 aromatic rings.